The normalized spacial score (nSPS) is 10.6. The molecular weight excluding hydrogens is 322 g/mol. The van der Waals surface area contributed by atoms with Gasteiger partial charge >= 0.3 is 5.63 Å². The first-order valence-electron chi connectivity index (χ1n) is 7.62. The van der Waals surface area contributed by atoms with E-state index in [0.29, 0.717) is 29.0 Å². The molecule has 1 heterocycles. The fourth-order valence-corrected chi connectivity index (χ4v) is 2.56. The lowest BCUT2D eigenvalue weighted by Gasteiger charge is -2.09. The first-order chi connectivity index (χ1) is 12.1. The molecule has 0 fully saturated rings. The number of anilines is 1. The summed E-state index contributed by atoms with van der Waals surface area (Å²) >= 11 is 0. The zero-order chi connectivity index (χ0) is 17.8. The highest BCUT2D eigenvalue weighted by atomic mass is 16.5. The molecule has 6 heteroatoms. The van der Waals surface area contributed by atoms with Gasteiger partial charge in [-0.3, -0.25) is 4.79 Å². The highest BCUT2D eigenvalue weighted by Gasteiger charge is 2.14. The summed E-state index contributed by atoms with van der Waals surface area (Å²) in [5, 5.41) is 3.33. The monoisotopic (exact) mass is 339 g/mol. The summed E-state index contributed by atoms with van der Waals surface area (Å²) in [6.07, 6.45) is 0. The molecule has 25 heavy (non-hydrogen) atoms. The van der Waals surface area contributed by atoms with Crippen LogP contribution in [0.15, 0.2) is 57.7 Å². The number of nitrogens with one attached hydrogen (secondary N) is 1. The number of carbonyl (C=O) groups excluding carboxylic acids is 1. The standard InChI is InChI=1S/C19H17NO5/c1-23-11-12-4-3-5-13(8-12)20-19(22)16-10-18(21)25-17-9-14(24-2)6-7-15(16)17/h3-10H,11H2,1-2H3,(H,20,22). The number of benzene rings is 2. The van der Waals surface area contributed by atoms with Crippen LogP contribution in [0.3, 0.4) is 0 Å². The van der Waals surface area contributed by atoms with Gasteiger partial charge in [0, 0.05) is 30.3 Å². The van der Waals surface area contributed by atoms with Crippen LogP contribution in [0.5, 0.6) is 5.75 Å². The van der Waals surface area contributed by atoms with Crippen molar-refractivity contribution in [2.75, 3.05) is 19.5 Å². The van der Waals surface area contributed by atoms with Crippen molar-refractivity contribution >= 4 is 22.6 Å². The van der Waals surface area contributed by atoms with Gasteiger partial charge in [0.2, 0.25) is 0 Å². The second-order valence-corrected chi connectivity index (χ2v) is 5.43. The molecule has 0 spiro atoms. The molecule has 0 aliphatic rings. The third-order valence-corrected chi connectivity index (χ3v) is 3.69. The van der Waals surface area contributed by atoms with Gasteiger partial charge in [0.05, 0.1) is 19.3 Å². The maximum atomic E-state index is 12.6. The topological polar surface area (TPSA) is 77.8 Å². The van der Waals surface area contributed by atoms with Crippen molar-refractivity contribution in [3.63, 3.8) is 0 Å². The van der Waals surface area contributed by atoms with Crippen molar-refractivity contribution in [3.8, 4) is 5.75 Å². The Labute approximate surface area is 144 Å². The number of ether oxygens (including phenoxy) is 2. The van der Waals surface area contributed by atoms with E-state index in [-0.39, 0.29) is 5.56 Å². The van der Waals surface area contributed by atoms with Gasteiger partial charge < -0.3 is 19.2 Å². The first-order valence-corrected chi connectivity index (χ1v) is 7.62. The van der Waals surface area contributed by atoms with Crippen molar-refractivity contribution in [1.82, 2.24) is 0 Å². The molecular formula is C19H17NO5. The molecule has 0 saturated carbocycles. The Hall–Kier alpha value is -3.12. The van der Waals surface area contributed by atoms with E-state index < -0.39 is 11.5 Å². The minimum atomic E-state index is -0.598. The van der Waals surface area contributed by atoms with Gasteiger partial charge in [0.25, 0.3) is 5.91 Å². The molecule has 3 aromatic rings. The minimum absolute atomic E-state index is 0.242. The van der Waals surface area contributed by atoms with Crippen LogP contribution in [0, 0.1) is 0 Å². The largest absolute Gasteiger partial charge is 0.497 e. The van der Waals surface area contributed by atoms with E-state index in [9.17, 15) is 9.59 Å². The molecule has 128 valence electrons. The zero-order valence-electron chi connectivity index (χ0n) is 13.9. The summed E-state index contributed by atoms with van der Waals surface area (Å²) in [5.41, 5.74) is 1.49. The number of fused-ring (bicyclic) bond motifs is 1. The summed E-state index contributed by atoms with van der Waals surface area (Å²) in [6.45, 7) is 0.446. The van der Waals surface area contributed by atoms with E-state index in [2.05, 4.69) is 5.32 Å². The van der Waals surface area contributed by atoms with Gasteiger partial charge in [-0.1, -0.05) is 12.1 Å². The average Bonchev–Trinajstić information content (AvgIpc) is 2.61. The lowest BCUT2D eigenvalue weighted by atomic mass is 10.1. The average molecular weight is 339 g/mol. The van der Waals surface area contributed by atoms with Crippen LogP contribution >= 0.6 is 0 Å². The zero-order valence-corrected chi connectivity index (χ0v) is 13.9. The van der Waals surface area contributed by atoms with Gasteiger partial charge in [-0.2, -0.15) is 0 Å². The first kappa shape index (κ1) is 16.7. The molecule has 1 aromatic heterocycles. The minimum Gasteiger partial charge on any atom is -0.497 e. The SMILES string of the molecule is COCc1cccc(NC(=O)c2cc(=O)oc3cc(OC)ccc23)c1. The number of hydrogen-bond donors (Lipinski definition) is 1. The van der Waals surface area contributed by atoms with Crippen LogP contribution < -0.4 is 15.7 Å². The summed E-state index contributed by atoms with van der Waals surface area (Å²) in [4.78, 5) is 24.4. The Balaban J connectivity index is 1.97. The predicted molar refractivity (Wildman–Crippen MR) is 94.1 cm³/mol. The van der Waals surface area contributed by atoms with E-state index in [0.717, 1.165) is 5.56 Å². The Bertz CT molecular complexity index is 977. The molecule has 1 N–H and O–H groups in total. The molecule has 0 aliphatic carbocycles. The lowest BCUT2D eigenvalue weighted by Crippen LogP contribution is -2.15. The van der Waals surface area contributed by atoms with Gasteiger partial charge in [0.1, 0.15) is 11.3 Å². The fourth-order valence-electron chi connectivity index (χ4n) is 2.56. The van der Waals surface area contributed by atoms with Crippen LogP contribution in [0.25, 0.3) is 11.0 Å². The Morgan fingerprint density at radius 3 is 2.72 bits per heavy atom. The molecule has 0 bridgehead atoms. The third kappa shape index (κ3) is 3.70. The molecule has 0 radical (unpaired) electrons. The van der Waals surface area contributed by atoms with Crippen molar-refractivity contribution in [2.45, 2.75) is 6.61 Å². The van der Waals surface area contributed by atoms with Gasteiger partial charge in [0.15, 0.2) is 0 Å². The Morgan fingerprint density at radius 1 is 1.12 bits per heavy atom. The number of hydrogen-bond acceptors (Lipinski definition) is 5. The smallest absolute Gasteiger partial charge is 0.337 e. The molecule has 0 saturated heterocycles. The molecule has 0 atom stereocenters. The van der Waals surface area contributed by atoms with E-state index in [1.807, 2.05) is 18.2 Å². The third-order valence-electron chi connectivity index (χ3n) is 3.69. The van der Waals surface area contributed by atoms with E-state index in [4.69, 9.17) is 13.9 Å². The molecule has 3 rings (SSSR count). The number of methoxy groups -OCH3 is 2. The second-order valence-electron chi connectivity index (χ2n) is 5.43. The number of amides is 1. The van der Waals surface area contributed by atoms with E-state index in [1.54, 1.807) is 31.4 Å². The van der Waals surface area contributed by atoms with Crippen molar-refractivity contribution < 1.29 is 18.7 Å². The summed E-state index contributed by atoms with van der Waals surface area (Å²) < 4.78 is 15.4. The maximum absolute atomic E-state index is 12.6. The van der Waals surface area contributed by atoms with Crippen molar-refractivity contribution in [1.29, 1.82) is 0 Å². The molecule has 2 aromatic carbocycles. The number of carbonyl (C=O) groups is 1. The molecule has 0 unspecified atom stereocenters. The van der Waals surface area contributed by atoms with Crippen molar-refractivity contribution in [2.24, 2.45) is 0 Å². The predicted octanol–water partition coefficient (Wildman–Crippen LogP) is 3.20. The Kier molecular flexibility index (Phi) is 4.81. The van der Waals surface area contributed by atoms with E-state index >= 15 is 0 Å². The second kappa shape index (κ2) is 7.19. The number of rotatable bonds is 5. The quantitative estimate of drug-likeness (QED) is 0.722. The maximum Gasteiger partial charge on any atom is 0.337 e. The summed E-state index contributed by atoms with van der Waals surface area (Å²) in [7, 11) is 3.12. The summed E-state index contributed by atoms with van der Waals surface area (Å²) in [6, 6.07) is 13.5. The highest BCUT2D eigenvalue weighted by Crippen LogP contribution is 2.23. The van der Waals surface area contributed by atoms with Gasteiger partial charge in [-0.15, -0.1) is 0 Å². The van der Waals surface area contributed by atoms with Crippen LogP contribution in [-0.2, 0) is 11.3 Å². The van der Waals surface area contributed by atoms with Gasteiger partial charge in [-0.25, -0.2) is 4.79 Å². The summed E-state index contributed by atoms with van der Waals surface area (Å²) in [5.74, 6) is 0.151. The van der Waals surface area contributed by atoms with Crippen molar-refractivity contribution in [3.05, 3.63) is 70.1 Å². The lowest BCUT2D eigenvalue weighted by molar-refractivity contribution is 0.102. The van der Waals surface area contributed by atoms with Crippen LogP contribution in [0.1, 0.15) is 15.9 Å². The molecule has 1 amide bonds. The fraction of sp³-hybridized carbons (Fsp3) is 0.158. The van der Waals surface area contributed by atoms with Gasteiger partial charge in [-0.05, 0) is 29.8 Å². The van der Waals surface area contributed by atoms with Crippen LogP contribution in [0.2, 0.25) is 0 Å². The van der Waals surface area contributed by atoms with Crippen LogP contribution in [0.4, 0.5) is 5.69 Å². The molecule has 0 aliphatic heterocycles. The van der Waals surface area contributed by atoms with E-state index in [1.165, 1.54) is 13.2 Å². The Morgan fingerprint density at radius 2 is 1.96 bits per heavy atom. The highest BCUT2D eigenvalue weighted by molar-refractivity contribution is 6.12. The van der Waals surface area contributed by atoms with Crippen LogP contribution in [-0.4, -0.2) is 20.1 Å². The molecule has 6 nitrogen and oxygen atoms in total.